The molecule has 26 nitrogen and oxygen atoms in total. The number of amides is 2. The molecule has 0 bridgehead atoms. The first-order valence-corrected chi connectivity index (χ1v) is 20.9. The Kier molecular flexibility index (Phi) is 15.6. The van der Waals surface area contributed by atoms with Crippen LogP contribution in [-0.2, 0) is 61.2 Å². The minimum atomic E-state index is -5.95. The minimum absolute atomic E-state index is 0.0166. The van der Waals surface area contributed by atoms with E-state index in [1.165, 1.54) is 0 Å². The second-order valence-corrected chi connectivity index (χ2v) is 17.6. The highest BCUT2D eigenvalue weighted by molar-refractivity contribution is 8.13. The van der Waals surface area contributed by atoms with Crippen molar-refractivity contribution in [1.29, 1.82) is 0 Å². The van der Waals surface area contributed by atoms with Gasteiger partial charge in [-0.15, -0.1) is 0 Å². The molecule has 310 valence electrons. The van der Waals surface area contributed by atoms with E-state index in [2.05, 4.69) is 43.5 Å². The maximum absolute atomic E-state index is 12.5. The molecule has 1 fully saturated rings. The highest BCUT2D eigenvalue weighted by atomic mass is 32.2. The van der Waals surface area contributed by atoms with Crippen molar-refractivity contribution in [1.82, 2.24) is 30.2 Å². The van der Waals surface area contributed by atoms with Gasteiger partial charge in [-0.1, -0.05) is 25.6 Å². The molecule has 7 atom stereocenters. The van der Waals surface area contributed by atoms with Crippen LogP contribution in [0.5, 0.6) is 0 Å². The van der Waals surface area contributed by atoms with Gasteiger partial charge in [-0.3, -0.25) is 32.9 Å². The van der Waals surface area contributed by atoms with E-state index >= 15 is 0 Å². The normalized spacial score (nSPS) is 23.1. The van der Waals surface area contributed by atoms with Gasteiger partial charge in [0.15, 0.2) is 22.3 Å². The summed E-state index contributed by atoms with van der Waals surface area (Å²) in [5.41, 5.74) is 1.94. The molecule has 2 amide bonds. The molecule has 1 aliphatic rings. The molecule has 2 aromatic heterocycles. The number of phosphoric ester groups is 3. The number of fused-ring (bicyclic) bond motifs is 1. The Hall–Kier alpha value is -2.97. The van der Waals surface area contributed by atoms with Gasteiger partial charge >= 0.3 is 5.97 Å². The number of carboxylic acid groups (broad SMARTS) is 1. The number of rotatable bonds is 21. The number of aliphatic hydroxyl groups is 2. The van der Waals surface area contributed by atoms with Crippen LogP contribution >= 0.6 is 35.2 Å². The number of nitrogens with zero attached hydrogens (tertiary/aromatic N) is 4. The molecule has 7 N–H and O–H groups in total. The monoisotopic (exact) mass is 863 g/mol. The number of thioether (sulfide) groups is 1. The van der Waals surface area contributed by atoms with E-state index in [-0.39, 0.29) is 42.2 Å². The zero-order valence-corrected chi connectivity index (χ0v) is 32.4. The molecule has 0 saturated carbocycles. The number of nitrogens with two attached hydrogens (primary N) is 1. The van der Waals surface area contributed by atoms with Crippen molar-refractivity contribution in [3.8, 4) is 0 Å². The number of anilines is 1. The smallest absolute Gasteiger partial charge is 0.311 e. The van der Waals surface area contributed by atoms with E-state index in [9.17, 15) is 62.7 Å². The van der Waals surface area contributed by atoms with Crippen molar-refractivity contribution in [3.05, 3.63) is 12.7 Å². The summed E-state index contributed by atoms with van der Waals surface area (Å²) in [6, 6.07) is 0. The van der Waals surface area contributed by atoms with Gasteiger partial charge < -0.3 is 74.1 Å². The number of nitrogens with one attached hydrogen (secondary N) is 2. The Bertz CT molecular complexity index is 1880. The van der Waals surface area contributed by atoms with Gasteiger partial charge in [-0.2, -0.15) is 0 Å². The van der Waals surface area contributed by atoms with Gasteiger partial charge in [0.2, 0.25) is 11.8 Å². The Morgan fingerprint density at radius 3 is 2.38 bits per heavy atom. The number of imidazole rings is 1. The molecule has 30 heteroatoms. The lowest BCUT2D eigenvalue weighted by Gasteiger charge is -2.36. The van der Waals surface area contributed by atoms with Gasteiger partial charge in [0.05, 0.1) is 27.4 Å². The summed E-state index contributed by atoms with van der Waals surface area (Å²) in [5, 5.41) is 34.1. The lowest BCUT2D eigenvalue weighted by molar-refractivity contribution is -0.347. The van der Waals surface area contributed by atoms with Crippen molar-refractivity contribution < 1.29 is 90.4 Å². The molecule has 7 unspecified atom stereocenters. The van der Waals surface area contributed by atoms with Crippen LogP contribution in [0.4, 0.5) is 5.82 Å². The van der Waals surface area contributed by atoms with Crippen LogP contribution in [0.3, 0.4) is 0 Å². The molecule has 55 heavy (non-hydrogen) atoms. The zero-order chi connectivity index (χ0) is 41.6. The third kappa shape index (κ3) is 13.3. The number of hydrogen-bond acceptors (Lipinski definition) is 23. The highest BCUT2D eigenvalue weighted by Crippen LogP contribution is 2.56. The molecular weight excluding hydrogens is 827 g/mol. The number of phosphoric acid groups is 3. The second-order valence-electron chi connectivity index (χ2n) is 12.3. The van der Waals surface area contributed by atoms with E-state index in [4.69, 9.17) is 15.6 Å². The predicted molar refractivity (Wildman–Crippen MR) is 175 cm³/mol. The molecule has 1 saturated heterocycles. The van der Waals surface area contributed by atoms with E-state index in [0.717, 1.165) is 38.0 Å². The summed E-state index contributed by atoms with van der Waals surface area (Å²) >= 11 is 0.706. The minimum Gasteiger partial charge on any atom is -0.790 e. The first kappa shape index (κ1) is 46.4. The van der Waals surface area contributed by atoms with Gasteiger partial charge in [0, 0.05) is 30.7 Å². The number of hydrogen-bond donors (Lipinski definition) is 6. The molecule has 3 rings (SSSR count). The van der Waals surface area contributed by atoms with E-state index in [0.29, 0.717) is 11.8 Å². The number of aliphatic hydroxyl groups excluding tert-OH is 2. The third-order valence-corrected chi connectivity index (χ3v) is 11.4. The van der Waals surface area contributed by atoms with Crippen LogP contribution in [0.1, 0.15) is 33.6 Å². The molecule has 3 heterocycles. The Labute approximate surface area is 314 Å². The van der Waals surface area contributed by atoms with Crippen LogP contribution in [-0.4, -0.2) is 114 Å². The second kappa shape index (κ2) is 18.5. The maximum Gasteiger partial charge on any atom is 0.311 e. The average molecular weight is 864 g/mol. The Morgan fingerprint density at radius 2 is 1.75 bits per heavy atom. The van der Waals surface area contributed by atoms with Crippen LogP contribution in [0.2, 0.25) is 0 Å². The highest BCUT2D eigenvalue weighted by Gasteiger charge is 2.55. The van der Waals surface area contributed by atoms with Crippen LogP contribution in [0.15, 0.2) is 12.7 Å². The standard InChI is InChI=1S/C25H40N7O19P3S/c1-24(2,20(38)23(39)28-5-4-14(33)27-6-7-55-16(36)8-15(34)35)10-48-54(45,46)51-53(43,44)47-9-13-18(50-52(40,41)42)19(37)25(3,49-13)32-12-31-17-21(26)29-11-30-22(17)32/h11-13,18-20,37-38H,4-10H2,1-3H3,(H,27,33)(H,28,39)(H,34,35)(H,43,44)(H,45,46)(H2,26,29,30)(H2,40,41,42)/p-4. The maximum atomic E-state index is 12.5. The van der Waals surface area contributed by atoms with Crippen molar-refractivity contribution in [2.24, 2.45) is 5.41 Å². The lowest BCUT2D eigenvalue weighted by atomic mass is 9.87. The number of aliphatic carboxylic acids is 1. The topological polar surface area (TPSA) is 412 Å². The third-order valence-electron chi connectivity index (χ3n) is 7.52. The summed E-state index contributed by atoms with van der Waals surface area (Å²) in [7, 11) is -17.7. The molecular formula is C25H36N7O19P3S-4. The Morgan fingerprint density at radius 1 is 1.09 bits per heavy atom. The summed E-state index contributed by atoms with van der Waals surface area (Å²) in [4.78, 5) is 106. The molecule has 0 aromatic carbocycles. The first-order chi connectivity index (χ1) is 25.3. The molecule has 2 aromatic rings. The van der Waals surface area contributed by atoms with E-state index in [1.54, 1.807) is 0 Å². The molecule has 0 aliphatic carbocycles. The number of ether oxygens (including phenoxy) is 1. The van der Waals surface area contributed by atoms with Gasteiger partial charge in [-0.25, -0.2) is 19.3 Å². The summed E-state index contributed by atoms with van der Waals surface area (Å²) in [6.45, 7) is 0.875. The predicted octanol–water partition coefficient (Wildman–Crippen LogP) is -4.21. The van der Waals surface area contributed by atoms with Crippen LogP contribution in [0.25, 0.3) is 11.2 Å². The van der Waals surface area contributed by atoms with Crippen molar-refractivity contribution in [2.75, 3.05) is 37.8 Å². The van der Waals surface area contributed by atoms with Crippen molar-refractivity contribution in [3.63, 3.8) is 0 Å². The number of nitrogen functional groups attached to an aromatic ring is 1. The molecule has 0 spiro atoms. The van der Waals surface area contributed by atoms with E-state index in [1.807, 2.05) is 0 Å². The molecule has 1 aliphatic heterocycles. The average Bonchev–Trinajstić information content (AvgIpc) is 3.60. The number of carbonyl (C=O) groups is 4. The first-order valence-electron chi connectivity index (χ1n) is 15.5. The SMILES string of the molecule is CC(C)(COP(=O)([O-])OP(=O)([O-])OCC1OC(C)(n2cnc3c(N)ncnc32)C(O)C1OP(=O)([O-])[O-])C(O)C(=O)NCCC(=O)NCCSC(=O)CC(=O)O. The summed E-state index contributed by atoms with van der Waals surface area (Å²) in [5.74, 6) is -2.92. The lowest BCUT2D eigenvalue weighted by Crippen LogP contribution is -2.46. The Balaban J connectivity index is 1.54. The summed E-state index contributed by atoms with van der Waals surface area (Å²) < 4.78 is 60.8. The van der Waals surface area contributed by atoms with Gasteiger partial charge in [0.1, 0.15) is 42.7 Å². The fraction of sp³-hybridized carbons (Fsp3) is 0.640. The fourth-order valence-electron chi connectivity index (χ4n) is 4.76. The molecule has 0 radical (unpaired) electrons. The van der Waals surface area contributed by atoms with Crippen molar-refractivity contribution in [2.45, 2.75) is 63.8 Å². The largest absolute Gasteiger partial charge is 0.790 e. The van der Waals surface area contributed by atoms with Gasteiger partial charge in [0.25, 0.3) is 15.6 Å². The quantitative estimate of drug-likeness (QED) is 0.0393. The van der Waals surface area contributed by atoms with Gasteiger partial charge in [-0.05, 0) is 6.92 Å². The van der Waals surface area contributed by atoms with Crippen molar-refractivity contribution >= 4 is 75.1 Å². The number of carboxylic acids is 1. The summed E-state index contributed by atoms with van der Waals surface area (Å²) in [6.07, 6.45) is -6.95. The van der Waals surface area contributed by atoms with Crippen LogP contribution < -0.4 is 35.9 Å². The van der Waals surface area contributed by atoms with E-state index < -0.39 is 102 Å². The van der Waals surface area contributed by atoms with Crippen LogP contribution in [0, 0.1) is 5.41 Å². The number of carbonyl (C=O) groups excluding carboxylic acids is 3. The fourth-order valence-corrected chi connectivity index (χ4v) is 8.14. The zero-order valence-electron chi connectivity index (χ0n) is 28.9. The number of aromatic nitrogens is 4.